The van der Waals surface area contributed by atoms with Gasteiger partial charge in [-0.2, -0.15) is 0 Å². The molecule has 2 heterocycles. The van der Waals surface area contributed by atoms with E-state index in [0.29, 0.717) is 19.0 Å². The lowest BCUT2D eigenvalue weighted by Gasteiger charge is -2.07. The van der Waals surface area contributed by atoms with Crippen LogP contribution < -0.4 is 10.1 Å². The summed E-state index contributed by atoms with van der Waals surface area (Å²) < 4.78 is 5.28. The Labute approximate surface area is 106 Å². The van der Waals surface area contributed by atoms with Crippen LogP contribution in [0.2, 0.25) is 0 Å². The number of nitrogens with one attached hydrogen (secondary N) is 1. The quantitative estimate of drug-likeness (QED) is 0.873. The van der Waals surface area contributed by atoms with Crippen LogP contribution in [0.4, 0.5) is 5.69 Å². The van der Waals surface area contributed by atoms with Gasteiger partial charge in [0.1, 0.15) is 5.82 Å². The molecule has 0 aliphatic heterocycles. The van der Waals surface area contributed by atoms with E-state index in [1.165, 1.54) is 0 Å². The molecule has 0 unspecified atom stereocenters. The van der Waals surface area contributed by atoms with Gasteiger partial charge in [0.15, 0.2) is 0 Å². The van der Waals surface area contributed by atoms with Gasteiger partial charge in [-0.1, -0.05) is 0 Å². The topological polar surface area (TPSA) is 59.9 Å². The van der Waals surface area contributed by atoms with Crippen molar-refractivity contribution in [1.82, 2.24) is 15.0 Å². The number of pyridine rings is 1. The third-order valence-corrected chi connectivity index (χ3v) is 2.34. The Balaban J connectivity index is 1.93. The van der Waals surface area contributed by atoms with E-state index in [0.717, 1.165) is 17.2 Å². The van der Waals surface area contributed by atoms with Gasteiger partial charge in [0.25, 0.3) is 0 Å². The van der Waals surface area contributed by atoms with Crippen LogP contribution in [-0.2, 0) is 6.54 Å². The Kier molecular flexibility index (Phi) is 4.06. The molecule has 0 saturated heterocycles. The second kappa shape index (κ2) is 5.95. The zero-order valence-corrected chi connectivity index (χ0v) is 10.6. The average molecular weight is 244 g/mol. The Bertz CT molecular complexity index is 499. The van der Waals surface area contributed by atoms with Gasteiger partial charge in [-0.05, 0) is 26.0 Å². The van der Waals surface area contributed by atoms with Crippen molar-refractivity contribution in [2.75, 3.05) is 11.9 Å². The van der Waals surface area contributed by atoms with Crippen molar-refractivity contribution in [1.29, 1.82) is 0 Å². The molecule has 1 N–H and O–H groups in total. The van der Waals surface area contributed by atoms with Crippen molar-refractivity contribution in [3.05, 3.63) is 42.1 Å². The zero-order chi connectivity index (χ0) is 12.8. The summed E-state index contributed by atoms with van der Waals surface area (Å²) in [4.78, 5) is 12.6. The van der Waals surface area contributed by atoms with Crippen molar-refractivity contribution in [3.8, 4) is 5.88 Å². The fraction of sp³-hybridized carbons (Fsp3) is 0.308. The van der Waals surface area contributed by atoms with E-state index in [4.69, 9.17) is 4.74 Å². The lowest BCUT2D eigenvalue weighted by atomic mass is 10.3. The van der Waals surface area contributed by atoms with Gasteiger partial charge in [-0.3, -0.25) is 0 Å². The van der Waals surface area contributed by atoms with Crippen molar-refractivity contribution in [2.24, 2.45) is 0 Å². The molecule has 0 aliphatic rings. The minimum Gasteiger partial charge on any atom is -0.478 e. The maximum absolute atomic E-state index is 5.28. The van der Waals surface area contributed by atoms with E-state index < -0.39 is 0 Å². The normalized spacial score (nSPS) is 10.1. The average Bonchev–Trinajstić information content (AvgIpc) is 2.38. The van der Waals surface area contributed by atoms with E-state index in [-0.39, 0.29) is 0 Å². The first-order valence-corrected chi connectivity index (χ1v) is 5.89. The molecule has 0 bridgehead atoms. The lowest BCUT2D eigenvalue weighted by Crippen LogP contribution is -2.03. The SMILES string of the molecule is CCOc1ccc(NCc2ccnc(C)n2)cn1. The molecule has 0 amide bonds. The van der Waals surface area contributed by atoms with E-state index >= 15 is 0 Å². The molecule has 94 valence electrons. The van der Waals surface area contributed by atoms with Crippen LogP contribution in [0, 0.1) is 6.92 Å². The summed E-state index contributed by atoms with van der Waals surface area (Å²) in [5.41, 5.74) is 1.89. The number of nitrogens with zero attached hydrogens (tertiary/aromatic N) is 3. The molecule has 0 aromatic carbocycles. The van der Waals surface area contributed by atoms with Crippen LogP contribution in [-0.4, -0.2) is 21.6 Å². The van der Waals surface area contributed by atoms with E-state index in [2.05, 4.69) is 20.3 Å². The minimum absolute atomic E-state index is 0.625. The maximum Gasteiger partial charge on any atom is 0.213 e. The summed E-state index contributed by atoms with van der Waals surface area (Å²) in [5.74, 6) is 1.42. The molecule has 5 heteroatoms. The van der Waals surface area contributed by atoms with Gasteiger partial charge in [0.2, 0.25) is 5.88 Å². The Morgan fingerprint density at radius 1 is 1.22 bits per heavy atom. The summed E-state index contributed by atoms with van der Waals surface area (Å²) >= 11 is 0. The molecule has 0 aliphatic carbocycles. The van der Waals surface area contributed by atoms with Gasteiger partial charge in [-0.25, -0.2) is 15.0 Å². The first-order chi connectivity index (χ1) is 8.78. The van der Waals surface area contributed by atoms with Crippen molar-refractivity contribution in [3.63, 3.8) is 0 Å². The molecule has 2 aromatic heterocycles. The van der Waals surface area contributed by atoms with Gasteiger partial charge in [0.05, 0.1) is 30.7 Å². The Morgan fingerprint density at radius 3 is 2.78 bits per heavy atom. The molecule has 0 radical (unpaired) electrons. The van der Waals surface area contributed by atoms with Crippen LogP contribution in [0.1, 0.15) is 18.4 Å². The van der Waals surface area contributed by atoms with Crippen molar-refractivity contribution >= 4 is 5.69 Å². The Hall–Kier alpha value is -2.17. The predicted octanol–water partition coefficient (Wildman–Crippen LogP) is 2.19. The van der Waals surface area contributed by atoms with E-state index in [9.17, 15) is 0 Å². The summed E-state index contributed by atoms with van der Waals surface area (Å²) in [7, 11) is 0. The second-order valence-electron chi connectivity index (χ2n) is 3.77. The number of aromatic nitrogens is 3. The van der Waals surface area contributed by atoms with Crippen molar-refractivity contribution < 1.29 is 4.74 Å². The number of anilines is 1. The molecule has 0 spiro atoms. The molecule has 2 aromatic rings. The number of hydrogen-bond acceptors (Lipinski definition) is 5. The summed E-state index contributed by atoms with van der Waals surface area (Å²) in [6, 6.07) is 5.67. The van der Waals surface area contributed by atoms with E-state index in [1.54, 1.807) is 12.4 Å². The number of hydrogen-bond donors (Lipinski definition) is 1. The highest BCUT2D eigenvalue weighted by atomic mass is 16.5. The molecular weight excluding hydrogens is 228 g/mol. The lowest BCUT2D eigenvalue weighted by molar-refractivity contribution is 0.327. The third-order valence-electron chi connectivity index (χ3n) is 2.34. The van der Waals surface area contributed by atoms with Gasteiger partial charge in [0, 0.05) is 12.3 Å². The summed E-state index contributed by atoms with van der Waals surface area (Å²) in [6.45, 7) is 5.09. The number of ether oxygens (including phenoxy) is 1. The molecule has 0 saturated carbocycles. The van der Waals surface area contributed by atoms with Gasteiger partial charge in [-0.15, -0.1) is 0 Å². The third kappa shape index (κ3) is 3.41. The first-order valence-electron chi connectivity index (χ1n) is 5.89. The van der Waals surface area contributed by atoms with E-state index in [1.807, 2.05) is 32.0 Å². The molecule has 18 heavy (non-hydrogen) atoms. The monoisotopic (exact) mass is 244 g/mol. The Morgan fingerprint density at radius 2 is 2.11 bits per heavy atom. The molecule has 0 fully saturated rings. The maximum atomic E-state index is 5.28. The van der Waals surface area contributed by atoms with Crippen LogP contribution in [0.15, 0.2) is 30.6 Å². The van der Waals surface area contributed by atoms with Crippen LogP contribution >= 0.6 is 0 Å². The molecular formula is C13H16N4O. The largest absolute Gasteiger partial charge is 0.478 e. The standard InChI is InChI=1S/C13H16N4O/c1-3-18-13-5-4-11(8-16-13)15-9-12-6-7-14-10(2)17-12/h4-8,15H,3,9H2,1-2H3. The predicted molar refractivity (Wildman–Crippen MR) is 69.5 cm³/mol. The highest BCUT2D eigenvalue weighted by molar-refractivity contribution is 5.42. The van der Waals surface area contributed by atoms with Gasteiger partial charge < -0.3 is 10.1 Å². The van der Waals surface area contributed by atoms with Crippen LogP contribution in [0.5, 0.6) is 5.88 Å². The molecule has 5 nitrogen and oxygen atoms in total. The number of rotatable bonds is 5. The minimum atomic E-state index is 0.625. The van der Waals surface area contributed by atoms with Gasteiger partial charge >= 0.3 is 0 Å². The van der Waals surface area contributed by atoms with Crippen molar-refractivity contribution in [2.45, 2.75) is 20.4 Å². The fourth-order valence-electron chi connectivity index (χ4n) is 1.51. The molecule has 0 atom stereocenters. The zero-order valence-electron chi connectivity index (χ0n) is 10.6. The second-order valence-corrected chi connectivity index (χ2v) is 3.77. The highest BCUT2D eigenvalue weighted by Gasteiger charge is 1.98. The first kappa shape index (κ1) is 12.3. The smallest absolute Gasteiger partial charge is 0.213 e. The fourth-order valence-corrected chi connectivity index (χ4v) is 1.51. The summed E-state index contributed by atoms with van der Waals surface area (Å²) in [6.07, 6.45) is 3.51. The molecule has 2 rings (SSSR count). The van der Waals surface area contributed by atoms with Crippen LogP contribution in [0.3, 0.4) is 0 Å². The van der Waals surface area contributed by atoms with Crippen LogP contribution in [0.25, 0.3) is 0 Å². The number of aryl methyl sites for hydroxylation is 1. The highest BCUT2D eigenvalue weighted by Crippen LogP contribution is 2.12. The summed E-state index contributed by atoms with van der Waals surface area (Å²) in [5, 5.41) is 3.25.